The van der Waals surface area contributed by atoms with Crippen molar-refractivity contribution in [2.24, 2.45) is 0 Å². The van der Waals surface area contributed by atoms with Crippen molar-refractivity contribution in [3.05, 3.63) is 46.5 Å². The standard InChI is InChI=1S/C23H28N6O3S/c1-16-22(30)29(18-7-3-4-8-18)21-20(25-16)15-24-23(27-21)26-17-9-11-19(12-10-17)33(31,32)28-13-5-2-6-14-28/h9-12,15,18H,2-8,13-14H2,1H3,(H,24,26,27). The first-order valence-electron chi connectivity index (χ1n) is 11.6. The summed E-state index contributed by atoms with van der Waals surface area (Å²) in [6.07, 6.45) is 8.61. The fourth-order valence-electron chi connectivity index (χ4n) is 4.78. The van der Waals surface area contributed by atoms with E-state index in [2.05, 4.69) is 20.3 Å². The molecule has 2 aromatic heterocycles. The zero-order chi connectivity index (χ0) is 23.0. The normalized spacial score (nSPS) is 18.1. The number of aromatic nitrogens is 4. The number of nitrogens with one attached hydrogen (secondary N) is 1. The van der Waals surface area contributed by atoms with E-state index < -0.39 is 10.0 Å². The van der Waals surface area contributed by atoms with Gasteiger partial charge >= 0.3 is 0 Å². The Balaban J connectivity index is 1.43. The molecule has 33 heavy (non-hydrogen) atoms. The Kier molecular flexibility index (Phi) is 5.88. The highest BCUT2D eigenvalue weighted by Gasteiger charge is 2.26. The Hall–Kier alpha value is -2.85. The lowest BCUT2D eigenvalue weighted by atomic mass is 10.2. The molecule has 0 bridgehead atoms. The molecule has 1 saturated carbocycles. The number of hydrogen-bond acceptors (Lipinski definition) is 7. The van der Waals surface area contributed by atoms with Crippen molar-refractivity contribution >= 4 is 32.8 Å². The molecule has 3 heterocycles. The maximum absolute atomic E-state index is 12.9. The minimum Gasteiger partial charge on any atom is -0.324 e. The highest BCUT2D eigenvalue weighted by atomic mass is 32.2. The molecule has 1 saturated heterocycles. The molecule has 3 aromatic rings. The fraction of sp³-hybridized carbons (Fsp3) is 0.478. The predicted octanol–water partition coefficient (Wildman–Crippen LogP) is 3.53. The van der Waals surface area contributed by atoms with Crippen LogP contribution in [0.3, 0.4) is 0 Å². The zero-order valence-corrected chi connectivity index (χ0v) is 19.5. The molecule has 1 aliphatic heterocycles. The van der Waals surface area contributed by atoms with Crippen LogP contribution in [0.1, 0.15) is 56.7 Å². The van der Waals surface area contributed by atoms with Crippen LogP contribution in [0.5, 0.6) is 0 Å². The first kappa shape index (κ1) is 22.0. The van der Waals surface area contributed by atoms with Gasteiger partial charge in [-0.15, -0.1) is 0 Å². The maximum Gasteiger partial charge on any atom is 0.273 e. The number of hydrogen-bond donors (Lipinski definition) is 1. The number of sulfonamides is 1. The van der Waals surface area contributed by atoms with Gasteiger partial charge in [0.25, 0.3) is 5.56 Å². The van der Waals surface area contributed by atoms with Gasteiger partial charge < -0.3 is 5.32 Å². The molecular weight excluding hydrogens is 440 g/mol. The third kappa shape index (κ3) is 4.24. The van der Waals surface area contributed by atoms with Gasteiger partial charge in [-0.2, -0.15) is 9.29 Å². The van der Waals surface area contributed by atoms with E-state index >= 15 is 0 Å². The van der Waals surface area contributed by atoms with Gasteiger partial charge in [-0.1, -0.05) is 19.3 Å². The molecule has 174 valence electrons. The highest BCUT2D eigenvalue weighted by Crippen LogP contribution is 2.30. The van der Waals surface area contributed by atoms with Crippen LogP contribution in [0.2, 0.25) is 0 Å². The van der Waals surface area contributed by atoms with Crippen LogP contribution in [0.4, 0.5) is 11.6 Å². The lowest BCUT2D eigenvalue weighted by molar-refractivity contribution is 0.346. The van der Waals surface area contributed by atoms with E-state index in [4.69, 9.17) is 0 Å². The summed E-state index contributed by atoms with van der Waals surface area (Å²) in [5.41, 5.74) is 2.13. The van der Waals surface area contributed by atoms with Crippen molar-refractivity contribution in [1.29, 1.82) is 0 Å². The number of nitrogens with zero attached hydrogens (tertiary/aromatic N) is 5. The zero-order valence-electron chi connectivity index (χ0n) is 18.7. The van der Waals surface area contributed by atoms with Crippen LogP contribution in [0.15, 0.2) is 40.2 Å². The van der Waals surface area contributed by atoms with Gasteiger partial charge in [-0.25, -0.2) is 18.4 Å². The third-order valence-corrected chi connectivity index (χ3v) is 8.46. The molecule has 2 aliphatic rings. The van der Waals surface area contributed by atoms with Gasteiger partial charge in [-0.05, 0) is 56.9 Å². The highest BCUT2D eigenvalue weighted by molar-refractivity contribution is 7.89. The first-order chi connectivity index (χ1) is 15.9. The van der Waals surface area contributed by atoms with Crippen molar-refractivity contribution in [3.63, 3.8) is 0 Å². The van der Waals surface area contributed by atoms with Gasteiger partial charge in [0.1, 0.15) is 11.2 Å². The monoisotopic (exact) mass is 468 g/mol. The lowest BCUT2D eigenvalue weighted by Gasteiger charge is -2.25. The molecule has 0 amide bonds. The molecule has 0 radical (unpaired) electrons. The van der Waals surface area contributed by atoms with Gasteiger partial charge in [0.2, 0.25) is 16.0 Å². The Morgan fingerprint density at radius 2 is 1.67 bits per heavy atom. The largest absolute Gasteiger partial charge is 0.324 e. The van der Waals surface area contributed by atoms with Crippen molar-refractivity contribution in [2.75, 3.05) is 18.4 Å². The van der Waals surface area contributed by atoms with Gasteiger partial charge in [0.05, 0.1) is 11.1 Å². The average molecular weight is 469 g/mol. The van der Waals surface area contributed by atoms with E-state index in [9.17, 15) is 13.2 Å². The quantitative estimate of drug-likeness (QED) is 0.610. The van der Waals surface area contributed by atoms with Crippen LogP contribution < -0.4 is 10.9 Å². The number of fused-ring (bicyclic) bond motifs is 1. The summed E-state index contributed by atoms with van der Waals surface area (Å²) in [6, 6.07) is 6.76. The van der Waals surface area contributed by atoms with E-state index in [1.54, 1.807) is 46.3 Å². The molecule has 0 spiro atoms. The second-order valence-corrected chi connectivity index (χ2v) is 10.8. The molecule has 10 heteroatoms. The minimum atomic E-state index is -3.48. The van der Waals surface area contributed by atoms with E-state index in [-0.39, 0.29) is 16.5 Å². The Morgan fingerprint density at radius 1 is 0.970 bits per heavy atom. The average Bonchev–Trinajstić information content (AvgIpc) is 3.35. The van der Waals surface area contributed by atoms with E-state index in [0.717, 1.165) is 44.9 Å². The molecular formula is C23H28N6O3S. The number of benzene rings is 1. The Bertz CT molecular complexity index is 1320. The van der Waals surface area contributed by atoms with Crippen molar-refractivity contribution < 1.29 is 8.42 Å². The molecule has 2 fully saturated rings. The van der Waals surface area contributed by atoms with E-state index in [1.165, 1.54) is 0 Å². The predicted molar refractivity (Wildman–Crippen MR) is 126 cm³/mol. The summed E-state index contributed by atoms with van der Waals surface area (Å²) < 4.78 is 29.1. The summed E-state index contributed by atoms with van der Waals surface area (Å²) in [6.45, 7) is 2.87. The second-order valence-electron chi connectivity index (χ2n) is 8.83. The molecule has 1 N–H and O–H groups in total. The van der Waals surface area contributed by atoms with E-state index in [1.807, 2.05) is 0 Å². The van der Waals surface area contributed by atoms with E-state index in [0.29, 0.717) is 41.6 Å². The third-order valence-electron chi connectivity index (χ3n) is 6.55. The topological polar surface area (TPSA) is 110 Å². The first-order valence-corrected chi connectivity index (χ1v) is 13.0. The van der Waals surface area contributed by atoms with Crippen LogP contribution >= 0.6 is 0 Å². The molecule has 5 rings (SSSR count). The van der Waals surface area contributed by atoms with Gasteiger partial charge in [-0.3, -0.25) is 9.36 Å². The Labute approximate surface area is 192 Å². The van der Waals surface area contributed by atoms with Crippen LogP contribution in [-0.4, -0.2) is 45.3 Å². The number of anilines is 2. The molecule has 0 unspecified atom stereocenters. The van der Waals surface area contributed by atoms with Crippen molar-refractivity contribution in [1.82, 2.24) is 23.8 Å². The number of piperidine rings is 1. The van der Waals surface area contributed by atoms with Gasteiger partial charge in [0.15, 0.2) is 5.65 Å². The summed E-state index contributed by atoms with van der Waals surface area (Å²) in [7, 11) is -3.48. The lowest BCUT2D eigenvalue weighted by Crippen LogP contribution is -2.35. The molecule has 9 nitrogen and oxygen atoms in total. The van der Waals surface area contributed by atoms with Crippen LogP contribution in [0.25, 0.3) is 11.2 Å². The smallest absolute Gasteiger partial charge is 0.273 e. The fourth-order valence-corrected chi connectivity index (χ4v) is 6.29. The maximum atomic E-state index is 12.9. The SMILES string of the molecule is Cc1nc2cnc(Nc3ccc(S(=O)(=O)N4CCCCC4)cc3)nc2n(C2CCCC2)c1=O. The van der Waals surface area contributed by atoms with Crippen molar-refractivity contribution in [2.45, 2.75) is 62.8 Å². The Morgan fingerprint density at radius 3 is 2.36 bits per heavy atom. The molecule has 0 atom stereocenters. The summed E-state index contributed by atoms with van der Waals surface area (Å²) in [4.78, 5) is 26.5. The minimum absolute atomic E-state index is 0.105. The number of rotatable bonds is 5. The summed E-state index contributed by atoms with van der Waals surface area (Å²) in [5, 5.41) is 3.13. The number of aryl methyl sites for hydroxylation is 1. The summed E-state index contributed by atoms with van der Waals surface area (Å²) in [5.74, 6) is 0.339. The van der Waals surface area contributed by atoms with Crippen molar-refractivity contribution in [3.8, 4) is 0 Å². The molecule has 1 aliphatic carbocycles. The van der Waals surface area contributed by atoms with Crippen LogP contribution in [0, 0.1) is 6.92 Å². The molecule has 1 aromatic carbocycles. The second kappa shape index (κ2) is 8.83. The summed E-state index contributed by atoms with van der Waals surface area (Å²) >= 11 is 0. The van der Waals surface area contributed by atoms with Crippen LogP contribution in [-0.2, 0) is 10.0 Å². The van der Waals surface area contributed by atoms with Gasteiger partial charge in [0, 0.05) is 24.8 Å².